The number of hydrogen-bond acceptors (Lipinski definition) is 4. The van der Waals surface area contributed by atoms with E-state index in [1.807, 2.05) is 24.4 Å². The Morgan fingerprint density at radius 3 is 2.36 bits per heavy atom. The lowest BCUT2D eigenvalue weighted by atomic mass is 10.1. The molecule has 3 rings (SSSR count). The molecule has 1 atom stereocenters. The largest absolute Gasteiger partial charge is 0.334 e. The molecular formula is C18H22N2O3S2. The van der Waals surface area contributed by atoms with Crippen molar-refractivity contribution < 1.29 is 13.2 Å². The molecular weight excluding hydrogens is 356 g/mol. The molecule has 1 aliphatic rings. The van der Waals surface area contributed by atoms with Crippen LogP contribution in [0.1, 0.15) is 41.0 Å². The predicted octanol–water partition coefficient (Wildman–Crippen LogP) is 3.37. The Kier molecular flexibility index (Phi) is 5.27. The van der Waals surface area contributed by atoms with Gasteiger partial charge in [0.05, 0.1) is 10.9 Å². The van der Waals surface area contributed by atoms with Gasteiger partial charge in [-0.05, 0) is 55.5 Å². The standard InChI is InChI=1S/C18H22N2O3S2/c1-14(17-6-5-13-24-17)19(2)18(21)15-7-9-16(10-8-15)25(22,23)20-11-3-4-12-20/h5-10,13-14H,3-4,11-12H2,1-2H3/t14-/m1/s1. The summed E-state index contributed by atoms with van der Waals surface area (Å²) in [6.07, 6.45) is 1.81. The van der Waals surface area contributed by atoms with Gasteiger partial charge in [0.15, 0.2) is 0 Å². The van der Waals surface area contributed by atoms with E-state index in [4.69, 9.17) is 0 Å². The fraction of sp³-hybridized carbons (Fsp3) is 0.389. The second kappa shape index (κ2) is 7.27. The smallest absolute Gasteiger partial charge is 0.254 e. The summed E-state index contributed by atoms with van der Waals surface area (Å²) < 4.78 is 26.6. The van der Waals surface area contributed by atoms with Crippen LogP contribution in [-0.2, 0) is 10.0 Å². The normalized spacial score (nSPS) is 16.7. The van der Waals surface area contributed by atoms with Crippen molar-refractivity contribution in [2.24, 2.45) is 0 Å². The first kappa shape index (κ1) is 18.1. The van der Waals surface area contributed by atoms with Crippen LogP contribution in [0.25, 0.3) is 0 Å². The lowest BCUT2D eigenvalue weighted by molar-refractivity contribution is 0.0745. The summed E-state index contributed by atoms with van der Waals surface area (Å²) in [4.78, 5) is 15.7. The SMILES string of the molecule is C[C@H](c1cccs1)N(C)C(=O)c1ccc(S(=O)(=O)N2CCCC2)cc1. The van der Waals surface area contributed by atoms with Crippen molar-refractivity contribution in [2.75, 3.05) is 20.1 Å². The third-order valence-corrected chi connectivity index (χ3v) is 7.62. The number of carbonyl (C=O) groups is 1. The maximum atomic E-state index is 12.7. The molecule has 1 fully saturated rings. The van der Waals surface area contributed by atoms with Gasteiger partial charge < -0.3 is 4.90 Å². The highest BCUT2D eigenvalue weighted by Crippen LogP contribution is 2.26. The lowest BCUT2D eigenvalue weighted by Gasteiger charge is -2.24. The van der Waals surface area contributed by atoms with E-state index in [0.717, 1.165) is 17.7 Å². The van der Waals surface area contributed by atoms with Gasteiger partial charge in [-0.15, -0.1) is 11.3 Å². The maximum absolute atomic E-state index is 12.7. The maximum Gasteiger partial charge on any atom is 0.254 e. The van der Waals surface area contributed by atoms with Crippen molar-refractivity contribution in [1.82, 2.24) is 9.21 Å². The zero-order valence-electron chi connectivity index (χ0n) is 14.4. The minimum atomic E-state index is -3.44. The van der Waals surface area contributed by atoms with E-state index < -0.39 is 10.0 Å². The second-order valence-corrected chi connectivity index (χ2v) is 9.16. The van der Waals surface area contributed by atoms with E-state index >= 15 is 0 Å². The molecule has 2 aromatic rings. The Labute approximate surface area is 152 Å². The van der Waals surface area contributed by atoms with Crippen LogP contribution in [0, 0.1) is 0 Å². The molecule has 5 nitrogen and oxygen atoms in total. The molecule has 0 saturated carbocycles. The topological polar surface area (TPSA) is 57.7 Å². The fourth-order valence-corrected chi connectivity index (χ4v) is 5.29. The van der Waals surface area contributed by atoms with E-state index in [9.17, 15) is 13.2 Å². The molecule has 0 bridgehead atoms. The van der Waals surface area contributed by atoms with Gasteiger partial charge in [-0.2, -0.15) is 4.31 Å². The van der Waals surface area contributed by atoms with Crippen LogP contribution in [0.4, 0.5) is 0 Å². The first-order chi connectivity index (χ1) is 11.9. The summed E-state index contributed by atoms with van der Waals surface area (Å²) in [7, 11) is -1.68. The Morgan fingerprint density at radius 2 is 1.80 bits per heavy atom. The Bertz CT molecular complexity index is 824. The molecule has 1 aromatic carbocycles. The molecule has 7 heteroatoms. The molecule has 0 aliphatic carbocycles. The Balaban J connectivity index is 1.76. The molecule has 0 spiro atoms. The van der Waals surface area contributed by atoms with Crippen molar-refractivity contribution in [3.8, 4) is 0 Å². The summed E-state index contributed by atoms with van der Waals surface area (Å²) in [6, 6.07) is 10.2. The number of nitrogens with zero attached hydrogens (tertiary/aromatic N) is 2. The summed E-state index contributed by atoms with van der Waals surface area (Å²) >= 11 is 1.61. The summed E-state index contributed by atoms with van der Waals surface area (Å²) in [5.74, 6) is -0.119. The highest BCUT2D eigenvalue weighted by atomic mass is 32.2. The van der Waals surface area contributed by atoms with E-state index in [2.05, 4.69) is 0 Å². The van der Waals surface area contributed by atoms with Crippen molar-refractivity contribution in [1.29, 1.82) is 0 Å². The number of sulfonamides is 1. The summed E-state index contributed by atoms with van der Waals surface area (Å²) in [5, 5.41) is 1.99. The quantitative estimate of drug-likeness (QED) is 0.801. The van der Waals surface area contributed by atoms with E-state index in [1.54, 1.807) is 35.4 Å². The molecule has 0 N–H and O–H groups in total. The average molecular weight is 379 g/mol. The molecule has 1 aliphatic heterocycles. The number of hydrogen-bond donors (Lipinski definition) is 0. The fourth-order valence-electron chi connectivity index (χ4n) is 2.95. The van der Waals surface area contributed by atoms with Gasteiger partial charge >= 0.3 is 0 Å². The minimum absolute atomic E-state index is 0.0273. The van der Waals surface area contributed by atoms with Crippen molar-refractivity contribution in [3.63, 3.8) is 0 Å². The first-order valence-corrected chi connectivity index (χ1v) is 10.6. The van der Waals surface area contributed by atoms with Gasteiger partial charge in [0, 0.05) is 30.6 Å². The zero-order chi connectivity index (χ0) is 18.0. The van der Waals surface area contributed by atoms with Gasteiger partial charge in [-0.25, -0.2) is 8.42 Å². The van der Waals surface area contributed by atoms with Gasteiger partial charge in [0.2, 0.25) is 10.0 Å². The van der Waals surface area contributed by atoms with Crippen molar-refractivity contribution >= 4 is 27.3 Å². The minimum Gasteiger partial charge on any atom is -0.334 e. The van der Waals surface area contributed by atoms with E-state index in [1.165, 1.54) is 16.4 Å². The van der Waals surface area contributed by atoms with Gasteiger partial charge in [-0.3, -0.25) is 4.79 Å². The van der Waals surface area contributed by atoms with Gasteiger partial charge in [0.25, 0.3) is 5.91 Å². The van der Waals surface area contributed by atoms with Crippen LogP contribution in [0.2, 0.25) is 0 Å². The van der Waals surface area contributed by atoms with E-state index in [-0.39, 0.29) is 16.8 Å². The molecule has 0 radical (unpaired) electrons. The van der Waals surface area contributed by atoms with Crippen LogP contribution < -0.4 is 0 Å². The number of benzene rings is 1. The van der Waals surface area contributed by atoms with Crippen molar-refractivity contribution in [2.45, 2.75) is 30.7 Å². The van der Waals surface area contributed by atoms with Gasteiger partial charge in [-0.1, -0.05) is 6.07 Å². The third kappa shape index (κ3) is 3.63. The molecule has 0 unspecified atom stereocenters. The number of thiophene rings is 1. The Morgan fingerprint density at radius 1 is 1.16 bits per heavy atom. The third-order valence-electron chi connectivity index (χ3n) is 4.66. The first-order valence-electron chi connectivity index (χ1n) is 8.32. The highest BCUT2D eigenvalue weighted by molar-refractivity contribution is 7.89. The van der Waals surface area contributed by atoms with Crippen LogP contribution in [-0.4, -0.2) is 43.7 Å². The molecule has 1 aromatic heterocycles. The number of rotatable bonds is 5. The molecule has 1 amide bonds. The van der Waals surface area contributed by atoms with Crippen LogP contribution in [0.3, 0.4) is 0 Å². The molecule has 134 valence electrons. The zero-order valence-corrected chi connectivity index (χ0v) is 16.0. The average Bonchev–Trinajstić information content (AvgIpc) is 3.33. The summed E-state index contributed by atoms with van der Waals surface area (Å²) in [5.41, 5.74) is 0.492. The molecule has 25 heavy (non-hydrogen) atoms. The number of carbonyl (C=O) groups excluding carboxylic acids is 1. The highest BCUT2D eigenvalue weighted by Gasteiger charge is 2.27. The Hall–Kier alpha value is -1.70. The summed E-state index contributed by atoms with van der Waals surface area (Å²) in [6.45, 7) is 3.13. The lowest BCUT2D eigenvalue weighted by Crippen LogP contribution is -2.30. The monoisotopic (exact) mass is 378 g/mol. The predicted molar refractivity (Wildman–Crippen MR) is 99.3 cm³/mol. The molecule has 2 heterocycles. The van der Waals surface area contributed by atoms with Crippen molar-refractivity contribution in [3.05, 3.63) is 52.2 Å². The number of amides is 1. The van der Waals surface area contributed by atoms with Gasteiger partial charge in [0.1, 0.15) is 0 Å². The molecule has 1 saturated heterocycles. The van der Waals surface area contributed by atoms with Crippen LogP contribution >= 0.6 is 11.3 Å². The van der Waals surface area contributed by atoms with Crippen LogP contribution in [0.5, 0.6) is 0 Å². The van der Waals surface area contributed by atoms with Crippen LogP contribution in [0.15, 0.2) is 46.7 Å². The second-order valence-electron chi connectivity index (χ2n) is 6.24. The van der Waals surface area contributed by atoms with E-state index in [0.29, 0.717) is 18.7 Å².